The van der Waals surface area contributed by atoms with Crippen LogP contribution in [0.4, 0.5) is 0 Å². The molecule has 0 aliphatic rings. The van der Waals surface area contributed by atoms with Crippen molar-refractivity contribution in [2.24, 2.45) is 5.18 Å². The molecule has 0 aliphatic heterocycles. The van der Waals surface area contributed by atoms with Gasteiger partial charge in [-0.1, -0.05) is 47.6 Å². The van der Waals surface area contributed by atoms with Crippen molar-refractivity contribution in [3.8, 4) is 0 Å². The zero-order valence-electron chi connectivity index (χ0n) is 9.48. The Balaban J connectivity index is 2.34. The van der Waals surface area contributed by atoms with Gasteiger partial charge >= 0.3 is 5.97 Å². The molecule has 1 N–H and O–H groups in total. The SMILES string of the molecule is O=NC(c1ccccc1)c1ccc(C(=O)O)cc1. The van der Waals surface area contributed by atoms with E-state index >= 15 is 0 Å². The van der Waals surface area contributed by atoms with Gasteiger partial charge in [-0.25, -0.2) is 4.79 Å². The molecule has 4 heteroatoms. The van der Waals surface area contributed by atoms with Crippen LogP contribution in [0.2, 0.25) is 0 Å². The molecule has 18 heavy (non-hydrogen) atoms. The number of aromatic carboxylic acids is 1. The third-order valence-corrected chi connectivity index (χ3v) is 2.69. The number of carboxylic acid groups (broad SMARTS) is 1. The highest BCUT2D eigenvalue weighted by molar-refractivity contribution is 5.87. The zero-order chi connectivity index (χ0) is 13.0. The second-order valence-electron chi connectivity index (χ2n) is 3.85. The molecular weight excluding hydrogens is 230 g/mol. The minimum absolute atomic E-state index is 0.191. The molecule has 0 aromatic heterocycles. The Labute approximate surface area is 104 Å². The monoisotopic (exact) mass is 241 g/mol. The van der Waals surface area contributed by atoms with Gasteiger partial charge in [0.2, 0.25) is 0 Å². The number of nitrogens with zero attached hydrogens (tertiary/aromatic N) is 1. The lowest BCUT2D eigenvalue weighted by Crippen LogP contribution is -2.00. The van der Waals surface area contributed by atoms with E-state index in [0.717, 1.165) is 5.56 Å². The summed E-state index contributed by atoms with van der Waals surface area (Å²) in [5, 5.41) is 11.9. The average Bonchev–Trinajstić information content (AvgIpc) is 2.41. The molecule has 90 valence electrons. The van der Waals surface area contributed by atoms with E-state index < -0.39 is 12.0 Å². The standard InChI is InChI=1S/C14H11NO3/c16-14(17)12-8-6-11(7-9-12)13(15-18)10-4-2-1-3-5-10/h1-9,13H,(H,16,17). The number of rotatable bonds is 4. The van der Waals surface area contributed by atoms with Gasteiger partial charge in [0.1, 0.15) is 6.04 Å². The van der Waals surface area contributed by atoms with Gasteiger partial charge in [0.05, 0.1) is 5.56 Å². The van der Waals surface area contributed by atoms with Crippen molar-refractivity contribution < 1.29 is 9.90 Å². The summed E-state index contributed by atoms with van der Waals surface area (Å²) < 4.78 is 0. The van der Waals surface area contributed by atoms with E-state index in [9.17, 15) is 9.70 Å². The van der Waals surface area contributed by atoms with Crippen LogP contribution in [0.15, 0.2) is 59.8 Å². The molecule has 0 fully saturated rings. The first-order valence-corrected chi connectivity index (χ1v) is 5.43. The molecule has 2 rings (SSSR count). The summed E-state index contributed by atoms with van der Waals surface area (Å²) in [4.78, 5) is 21.7. The molecule has 0 saturated carbocycles. The molecule has 0 heterocycles. The maximum absolute atomic E-state index is 11.0. The highest BCUT2D eigenvalue weighted by Crippen LogP contribution is 2.25. The summed E-state index contributed by atoms with van der Waals surface area (Å²) in [6.07, 6.45) is 0. The molecule has 0 saturated heterocycles. The zero-order valence-corrected chi connectivity index (χ0v) is 9.48. The fourth-order valence-corrected chi connectivity index (χ4v) is 1.76. The summed E-state index contributed by atoms with van der Waals surface area (Å²) in [7, 11) is 0. The van der Waals surface area contributed by atoms with Crippen molar-refractivity contribution in [2.45, 2.75) is 6.04 Å². The van der Waals surface area contributed by atoms with E-state index in [4.69, 9.17) is 5.11 Å². The summed E-state index contributed by atoms with van der Waals surface area (Å²) in [5.41, 5.74) is 1.66. The Bertz CT molecular complexity index is 549. The Morgan fingerprint density at radius 1 is 0.944 bits per heavy atom. The van der Waals surface area contributed by atoms with Crippen molar-refractivity contribution in [3.05, 3.63) is 76.2 Å². The quantitative estimate of drug-likeness (QED) is 0.835. The Morgan fingerprint density at radius 2 is 1.50 bits per heavy atom. The van der Waals surface area contributed by atoms with E-state index in [1.165, 1.54) is 12.1 Å². The van der Waals surface area contributed by atoms with Crippen LogP contribution < -0.4 is 0 Å². The highest BCUT2D eigenvalue weighted by Gasteiger charge is 2.14. The molecule has 1 unspecified atom stereocenters. The first-order chi connectivity index (χ1) is 8.72. The summed E-state index contributed by atoms with van der Waals surface area (Å²) in [5.74, 6) is -0.989. The van der Waals surface area contributed by atoms with Gasteiger partial charge in [0.25, 0.3) is 0 Å². The number of carboxylic acids is 1. The predicted octanol–water partition coefficient (Wildman–Crippen LogP) is 3.24. The van der Waals surface area contributed by atoms with Crippen molar-refractivity contribution in [2.75, 3.05) is 0 Å². The van der Waals surface area contributed by atoms with Crippen LogP contribution in [-0.4, -0.2) is 11.1 Å². The van der Waals surface area contributed by atoms with Gasteiger partial charge in [0, 0.05) is 0 Å². The van der Waals surface area contributed by atoms with Gasteiger partial charge < -0.3 is 5.11 Å². The van der Waals surface area contributed by atoms with Gasteiger partial charge in [0.15, 0.2) is 0 Å². The number of nitroso groups, excluding NO2 is 1. The van der Waals surface area contributed by atoms with Crippen LogP contribution in [0.3, 0.4) is 0 Å². The number of hydrogen-bond donors (Lipinski definition) is 1. The van der Waals surface area contributed by atoms with Gasteiger partial charge in [-0.2, -0.15) is 0 Å². The molecular formula is C14H11NO3. The van der Waals surface area contributed by atoms with E-state index in [1.54, 1.807) is 12.1 Å². The molecule has 0 radical (unpaired) electrons. The third-order valence-electron chi connectivity index (χ3n) is 2.69. The first kappa shape index (κ1) is 12.0. The second-order valence-corrected chi connectivity index (χ2v) is 3.85. The van der Waals surface area contributed by atoms with Crippen LogP contribution in [0.25, 0.3) is 0 Å². The molecule has 0 amide bonds. The van der Waals surface area contributed by atoms with Crippen LogP contribution in [0.5, 0.6) is 0 Å². The topological polar surface area (TPSA) is 66.7 Å². The Morgan fingerprint density at radius 3 is 2.00 bits per heavy atom. The molecule has 0 aliphatic carbocycles. The molecule has 0 spiro atoms. The largest absolute Gasteiger partial charge is 0.478 e. The molecule has 0 bridgehead atoms. The lowest BCUT2D eigenvalue weighted by Gasteiger charge is -2.09. The van der Waals surface area contributed by atoms with Gasteiger partial charge in [-0.3, -0.25) is 0 Å². The number of hydrogen-bond acceptors (Lipinski definition) is 3. The smallest absolute Gasteiger partial charge is 0.335 e. The summed E-state index contributed by atoms with van der Waals surface area (Å²) >= 11 is 0. The lowest BCUT2D eigenvalue weighted by atomic mass is 9.98. The fourth-order valence-electron chi connectivity index (χ4n) is 1.76. The van der Waals surface area contributed by atoms with Crippen molar-refractivity contribution in [3.63, 3.8) is 0 Å². The van der Waals surface area contributed by atoms with Crippen LogP contribution in [0, 0.1) is 4.91 Å². The van der Waals surface area contributed by atoms with Crippen LogP contribution in [-0.2, 0) is 0 Å². The van der Waals surface area contributed by atoms with Crippen LogP contribution >= 0.6 is 0 Å². The third kappa shape index (κ3) is 2.43. The molecule has 2 aromatic carbocycles. The van der Waals surface area contributed by atoms with E-state index in [1.807, 2.05) is 30.3 Å². The van der Waals surface area contributed by atoms with Crippen LogP contribution in [0.1, 0.15) is 27.5 Å². The average molecular weight is 241 g/mol. The maximum Gasteiger partial charge on any atom is 0.335 e. The van der Waals surface area contributed by atoms with Crippen molar-refractivity contribution in [1.82, 2.24) is 0 Å². The Kier molecular flexibility index (Phi) is 3.48. The molecule has 2 aromatic rings. The van der Waals surface area contributed by atoms with E-state index in [-0.39, 0.29) is 5.56 Å². The van der Waals surface area contributed by atoms with E-state index in [0.29, 0.717) is 5.56 Å². The van der Waals surface area contributed by atoms with Crippen molar-refractivity contribution in [1.29, 1.82) is 0 Å². The first-order valence-electron chi connectivity index (χ1n) is 5.43. The lowest BCUT2D eigenvalue weighted by molar-refractivity contribution is 0.0697. The van der Waals surface area contributed by atoms with Crippen molar-refractivity contribution >= 4 is 5.97 Å². The maximum atomic E-state index is 11.0. The minimum atomic E-state index is -0.989. The summed E-state index contributed by atoms with van der Waals surface area (Å²) in [6.45, 7) is 0. The van der Waals surface area contributed by atoms with Gasteiger partial charge in [-0.15, -0.1) is 4.91 Å². The predicted molar refractivity (Wildman–Crippen MR) is 67.5 cm³/mol. The van der Waals surface area contributed by atoms with E-state index in [2.05, 4.69) is 5.18 Å². The summed E-state index contributed by atoms with van der Waals surface area (Å²) in [6, 6.07) is 14.7. The molecule has 1 atom stereocenters. The molecule has 4 nitrogen and oxygen atoms in total. The fraction of sp³-hybridized carbons (Fsp3) is 0.0714. The minimum Gasteiger partial charge on any atom is -0.478 e. The van der Waals surface area contributed by atoms with Gasteiger partial charge in [-0.05, 0) is 23.3 Å². The number of benzene rings is 2. The normalized spacial score (nSPS) is 11.8. The number of carbonyl (C=O) groups is 1. The Hall–Kier alpha value is -2.49. The second kappa shape index (κ2) is 5.23. The highest BCUT2D eigenvalue weighted by atomic mass is 16.4.